The maximum Gasteiger partial charge on any atom is 0.267 e. The third-order valence-electron chi connectivity index (χ3n) is 5.44. The van der Waals surface area contributed by atoms with E-state index in [1.54, 1.807) is 29.3 Å². The van der Waals surface area contributed by atoms with Crippen LogP contribution in [-0.2, 0) is 4.79 Å². The molecule has 4 rings (SSSR count). The molecule has 2 aromatic rings. The van der Waals surface area contributed by atoms with Gasteiger partial charge in [-0.1, -0.05) is 49.3 Å². The standard InChI is InChI=1S/C21H24N4O3S2/c26-12-6-10-22-18-15(19(27)24-11-5-4-9-17(24)23-18)13-16-20(28)25(21(29)30-16)14-7-2-1-3-8-14/h4-5,9,11,13-14,22,26H,1-3,6-8,10,12H2. The van der Waals surface area contributed by atoms with Gasteiger partial charge in [0.15, 0.2) is 0 Å². The zero-order valence-corrected chi connectivity index (χ0v) is 18.2. The number of aliphatic hydroxyl groups is 1. The average molecular weight is 445 g/mol. The van der Waals surface area contributed by atoms with Crippen LogP contribution in [0.3, 0.4) is 0 Å². The second kappa shape index (κ2) is 9.28. The number of carbonyl (C=O) groups excluding carboxylic acids is 1. The van der Waals surface area contributed by atoms with Crippen LogP contribution in [0.25, 0.3) is 11.7 Å². The molecule has 0 bridgehead atoms. The van der Waals surface area contributed by atoms with E-state index in [9.17, 15) is 9.59 Å². The zero-order valence-electron chi connectivity index (χ0n) is 16.5. The average Bonchev–Trinajstić information content (AvgIpc) is 3.04. The second-order valence-electron chi connectivity index (χ2n) is 7.46. The van der Waals surface area contributed by atoms with Crippen LogP contribution in [-0.4, -0.2) is 48.8 Å². The fourth-order valence-corrected chi connectivity index (χ4v) is 5.30. The predicted molar refractivity (Wildman–Crippen MR) is 124 cm³/mol. The van der Waals surface area contributed by atoms with Crippen LogP contribution in [0.2, 0.25) is 0 Å². The summed E-state index contributed by atoms with van der Waals surface area (Å²) in [5.74, 6) is 0.276. The van der Waals surface area contributed by atoms with Crippen molar-refractivity contribution in [2.24, 2.45) is 0 Å². The number of nitrogens with zero attached hydrogens (tertiary/aromatic N) is 3. The van der Waals surface area contributed by atoms with Gasteiger partial charge in [0.25, 0.3) is 11.5 Å². The first-order valence-corrected chi connectivity index (χ1v) is 11.5. The number of carbonyl (C=O) groups is 1. The number of anilines is 1. The molecule has 0 atom stereocenters. The lowest BCUT2D eigenvalue weighted by molar-refractivity contribution is -0.124. The molecule has 0 radical (unpaired) electrons. The lowest BCUT2D eigenvalue weighted by Gasteiger charge is -2.29. The van der Waals surface area contributed by atoms with Crippen molar-refractivity contribution in [3.63, 3.8) is 0 Å². The van der Waals surface area contributed by atoms with E-state index in [-0.39, 0.29) is 24.1 Å². The number of thioether (sulfide) groups is 1. The maximum absolute atomic E-state index is 13.2. The summed E-state index contributed by atoms with van der Waals surface area (Å²) >= 11 is 6.75. The van der Waals surface area contributed by atoms with Crippen molar-refractivity contribution < 1.29 is 9.90 Å². The summed E-state index contributed by atoms with van der Waals surface area (Å²) in [5.41, 5.74) is 0.580. The van der Waals surface area contributed by atoms with Crippen LogP contribution < -0.4 is 10.9 Å². The van der Waals surface area contributed by atoms with Gasteiger partial charge in [0.1, 0.15) is 15.8 Å². The lowest BCUT2D eigenvalue weighted by atomic mass is 9.94. The van der Waals surface area contributed by atoms with Gasteiger partial charge in [0.2, 0.25) is 0 Å². The van der Waals surface area contributed by atoms with Crippen LogP contribution in [0.1, 0.15) is 44.1 Å². The highest BCUT2D eigenvalue weighted by molar-refractivity contribution is 8.26. The van der Waals surface area contributed by atoms with Gasteiger partial charge >= 0.3 is 0 Å². The van der Waals surface area contributed by atoms with Gasteiger partial charge in [-0.05, 0) is 37.5 Å². The molecule has 30 heavy (non-hydrogen) atoms. The SMILES string of the molecule is O=C1C(=Cc2c(NCCCO)nc3ccccn3c2=O)SC(=S)N1C1CCCCC1. The van der Waals surface area contributed by atoms with Crippen molar-refractivity contribution in [1.82, 2.24) is 14.3 Å². The molecule has 2 fully saturated rings. The summed E-state index contributed by atoms with van der Waals surface area (Å²) in [7, 11) is 0. The number of nitrogens with one attached hydrogen (secondary N) is 1. The number of hydrogen-bond donors (Lipinski definition) is 2. The van der Waals surface area contributed by atoms with Gasteiger partial charge < -0.3 is 10.4 Å². The van der Waals surface area contributed by atoms with E-state index in [0.717, 1.165) is 25.7 Å². The topological polar surface area (TPSA) is 86.9 Å². The largest absolute Gasteiger partial charge is 0.396 e. The molecule has 0 unspecified atom stereocenters. The minimum absolute atomic E-state index is 0.0366. The fraction of sp³-hybridized carbons (Fsp3) is 0.429. The second-order valence-corrected chi connectivity index (χ2v) is 9.13. The molecular weight excluding hydrogens is 420 g/mol. The van der Waals surface area contributed by atoms with Crippen molar-refractivity contribution in [1.29, 1.82) is 0 Å². The van der Waals surface area contributed by atoms with Gasteiger partial charge in [-0.25, -0.2) is 4.98 Å². The molecule has 0 aromatic carbocycles. The number of rotatable bonds is 6. The molecule has 2 aromatic heterocycles. The van der Waals surface area contributed by atoms with Crippen LogP contribution in [0.5, 0.6) is 0 Å². The van der Waals surface area contributed by atoms with Crippen LogP contribution >= 0.6 is 24.0 Å². The minimum atomic E-state index is -0.255. The van der Waals surface area contributed by atoms with Gasteiger partial charge in [-0.15, -0.1) is 0 Å². The third kappa shape index (κ3) is 4.14. The molecular formula is C21H24N4O3S2. The highest BCUT2D eigenvalue weighted by Crippen LogP contribution is 2.37. The minimum Gasteiger partial charge on any atom is -0.396 e. The lowest BCUT2D eigenvalue weighted by Crippen LogP contribution is -2.39. The molecule has 1 aliphatic heterocycles. The monoisotopic (exact) mass is 444 g/mol. The van der Waals surface area contributed by atoms with Crippen molar-refractivity contribution in [2.45, 2.75) is 44.6 Å². The number of amides is 1. The number of fused-ring (bicyclic) bond motifs is 1. The van der Waals surface area contributed by atoms with E-state index in [2.05, 4.69) is 10.3 Å². The quantitative estimate of drug-likeness (QED) is 0.402. The fourth-order valence-electron chi connectivity index (χ4n) is 3.92. The van der Waals surface area contributed by atoms with Crippen molar-refractivity contribution in [3.8, 4) is 0 Å². The Hall–Kier alpha value is -2.23. The predicted octanol–water partition coefficient (Wildman–Crippen LogP) is 3.02. The Morgan fingerprint density at radius 3 is 2.83 bits per heavy atom. The van der Waals surface area contributed by atoms with E-state index in [4.69, 9.17) is 17.3 Å². The molecule has 3 heterocycles. The van der Waals surface area contributed by atoms with Gasteiger partial charge in [0, 0.05) is 25.4 Å². The number of thiocarbonyl (C=S) groups is 1. The molecule has 1 aliphatic carbocycles. The summed E-state index contributed by atoms with van der Waals surface area (Å²) in [6.07, 6.45) is 9.14. The highest BCUT2D eigenvalue weighted by atomic mass is 32.2. The molecule has 1 amide bonds. The molecule has 1 saturated carbocycles. The first-order chi connectivity index (χ1) is 14.6. The Kier molecular flexibility index (Phi) is 6.50. The normalized spacial score (nSPS) is 19.2. The van der Waals surface area contributed by atoms with E-state index >= 15 is 0 Å². The smallest absolute Gasteiger partial charge is 0.267 e. The van der Waals surface area contributed by atoms with Crippen LogP contribution in [0.4, 0.5) is 5.82 Å². The van der Waals surface area contributed by atoms with Crippen LogP contribution in [0.15, 0.2) is 34.1 Å². The molecule has 7 nitrogen and oxygen atoms in total. The van der Waals surface area contributed by atoms with Gasteiger partial charge in [0.05, 0.1) is 10.5 Å². The molecule has 158 valence electrons. The first-order valence-electron chi connectivity index (χ1n) is 10.2. The number of aromatic nitrogens is 2. The highest BCUT2D eigenvalue weighted by Gasteiger charge is 2.37. The summed E-state index contributed by atoms with van der Waals surface area (Å²) in [4.78, 5) is 33.0. The third-order valence-corrected chi connectivity index (χ3v) is 6.77. The van der Waals surface area contributed by atoms with Gasteiger partial charge in [-0.3, -0.25) is 18.9 Å². The van der Waals surface area contributed by atoms with Crippen molar-refractivity contribution in [2.75, 3.05) is 18.5 Å². The van der Waals surface area contributed by atoms with E-state index in [0.29, 0.717) is 39.2 Å². The Labute approximate surface area is 184 Å². The Balaban J connectivity index is 1.72. The van der Waals surface area contributed by atoms with E-state index < -0.39 is 0 Å². The molecule has 2 N–H and O–H groups in total. The molecule has 1 saturated heterocycles. The summed E-state index contributed by atoms with van der Waals surface area (Å²) < 4.78 is 2.02. The number of hydrogen-bond acceptors (Lipinski definition) is 7. The van der Waals surface area contributed by atoms with E-state index in [1.807, 2.05) is 6.07 Å². The van der Waals surface area contributed by atoms with Crippen molar-refractivity contribution in [3.05, 3.63) is 45.2 Å². The summed E-state index contributed by atoms with van der Waals surface area (Å²) in [6, 6.07) is 5.48. The van der Waals surface area contributed by atoms with Crippen LogP contribution in [0, 0.1) is 0 Å². The number of aliphatic hydroxyl groups excluding tert-OH is 1. The molecule has 0 spiro atoms. The maximum atomic E-state index is 13.2. The van der Waals surface area contributed by atoms with Crippen molar-refractivity contribution >= 4 is 51.7 Å². The first kappa shape index (κ1) is 21.0. The summed E-state index contributed by atoms with van der Waals surface area (Å²) in [6.45, 7) is 0.505. The summed E-state index contributed by atoms with van der Waals surface area (Å²) in [5, 5.41) is 12.2. The molecule has 2 aliphatic rings. The molecule has 9 heteroatoms. The van der Waals surface area contributed by atoms with Gasteiger partial charge in [-0.2, -0.15) is 0 Å². The Morgan fingerprint density at radius 2 is 2.07 bits per heavy atom. The van der Waals surface area contributed by atoms with E-state index in [1.165, 1.54) is 22.6 Å². The Morgan fingerprint density at radius 1 is 1.27 bits per heavy atom. The zero-order chi connectivity index (χ0) is 21.1. The number of pyridine rings is 1. The Bertz CT molecular complexity index is 1060.